The van der Waals surface area contributed by atoms with Gasteiger partial charge in [0.1, 0.15) is 5.75 Å². The lowest BCUT2D eigenvalue weighted by atomic mass is 9.83. The van der Waals surface area contributed by atoms with Crippen LogP contribution in [0.3, 0.4) is 0 Å². The number of methoxy groups -OCH3 is 1. The van der Waals surface area contributed by atoms with Crippen molar-refractivity contribution in [3.63, 3.8) is 0 Å². The van der Waals surface area contributed by atoms with Gasteiger partial charge in [-0.15, -0.1) is 0 Å². The summed E-state index contributed by atoms with van der Waals surface area (Å²) in [5.41, 5.74) is 9.96. The van der Waals surface area contributed by atoms with Crippen LogP contribution in [0, 0.1) is 13.8 Å². The average molecular weight is 369 g/mol. The van der Waals surface area contributed by atoms with Gasteiger partial charge in [0.05, 0.1) is 12.6 Å². The number of hydrogen-bond acceptors (Lipinski definition) is 2. The minimum atomic E-state index is -0.735. The molecule has 2 aromatic carbocycles. The normalized spacial score (nSPS) is 13.9. The van der Waals surface area contributed by atoms with Crippen LogP contribution in [0.5, 0.6) is 5.75 Å². The SMILES string of the molecule is COc1c(C(C)(N)c2ccc(Br)cc2Cl)ccc(C)c1C. The highest BCUT2D eigenvalue weighted by Crippen LogP contribution is 2.39. The average Bonchev–Trinajstić information content (AvgIpc) is 2.40. The van der Waals surface area contributed by atoms with Gasteiger partial charge in [-0.3, -0.25) is 0 Å². The van der Waals surface area contributed by atoms with Crippen molar-refractivity contribution in [2.75, 3.05) is 7.11 Å². The molecule has 4 heteroatoms. The molecular weight excluding hydrogens is 350 g/mol. The quantitative estimate of drug-likeness (QED) is 0.832. The smallest absolute Gasteiger partial charge is 0.127 e. The van der Waals surface area contributed by atoms with E-state index >= 15 is 0 Å². The van der Waals surface area contributed by atoms with Crippen molar-refractivity contribution in [1.29, 1.82) is 0 Å². The van der Waals surface area contributed by atoms with Gasteiger partial charge in [-0.05, 0) is 49.6 Å². The molecule has 0 aliphatic heterocycles. The molecule has 2 aromatic rings. The topological polar surface area (TPSA) is 35.2 Å². The Balaban J connectivity index is 2.66. The highest BCUT2D eigenvalue weighted by molar-refractivity contribution is 9.10. The molecule has 21 heavy (non-hydrogen) atoms. The summed E-state index contributed by atoms with van der Waals surface area (Å²) in [6.45, 7) is 6.05. The largest absolute Gasteiger partial charge is 0.496 e. The van der Waals surface area contributed by atoms with Crippen LogP contribution in [0.25, 0.3) is 0 Å². The van der Waals surface area contributed by atoms with Gasteiger partial charge in [-0.2, -0.15) is 0 Å². The molecule has 1 atom stereocenters. The van der Waals surface area contributed by atoms with Crippen LogP contribution in [0.1, 0.15) is 29.2 Å². The van der Waals surface area contributed by atoms with E-state index in [2.05, 4.69) is 28.9 Å². The zero-order valence-corrected chi connectivity index (χ0v) is 15.0. The van der Waals surface area contributed by atoms with E-state index in [9.17, 15) is 0 Å². The van der Waals surface area contributed by atoms with Crippen LogP contribution in [0.2, 0.25) is 5.02 Å². The summed E-state index contributed by atoms with van der Waals surface area (Å²) in [4.78, 5) is 0. The Kier molecular flexibility index (Phi) is 4.66. The zero-order chi connectivity index (χ0) is 15.8. The Morgan fingerprint density at radius 2 is 1.76 bits per heavy atom. The minimum Gasteiger partial charge on any atom is -0.496 e. The first-order valence-electron chi connectivity index (χ1n) is 6.68. The van der Waals surface area contributed by atoms with E-state index in [0.29, 0.717) is 5.02 Å². The Morgan fingerprint density at radius 3 is 2.33 bits per heavy atom. The summed E-state index contributed by atoms with van der Waals surface area (Å²) in [6, 6.07) is 9.82. The summed E-state index contributed by atoms with van der Waals surface area (Å²) in [5.74, 6) is 0.819. The van der Waals surface area contributed by atoms with Crippen molar-refractivity contribution in [1.82, 2.24) is 0 Å². The van der Waals surface area contributed by atoms with E-state index in [1.54, 1.807) is 7.11 Å². The fourth-order valence-corrected chi connectivity index (χ4v) is 3.39. The molecule has 0 radical (unpaired) electrons. The predicted octanol–water partition coefficient (Wildman–Crippen LogP) is 4.95. The molecule has 0 aliphatic rings. The number of rotatable bonds is 3. The maximum atomic E-state index is 6.63. The molecule has 0 fully saturated rings. The molecular formula is C17H19BrClNO. The van der Waals surface area contributed by atoms with Gasteiger partial charge in [0.25, 0.3) is 0 Å². The van der Waals surface area contributed by atoms with Crippen molar-refractivity contribution in [3.8, 4) is 5.75 Å². The standard InChI is InChI=1S/C17H19BrClNO/c1-10-5-7-14(16(21-4)11(10)2)17(3,20)13-8-6-12(18)9-15(13)19/h5-9H,20H2,1-4H3. The summed E-state index contributed by atoms with van der Waals surface area (Å²) in [5, 5.41) is 0.634. The fourth-order valence-electron chi connectivity index (χ4n) is 2.52. The lowest BCUT2D eigenvalue weighted by Crippen LogP contribution is -2.35. The van der Waals surface area contributed by atoms with Crippen LogP contribution in [0.4, 0.5) is 0 Å². The maximum absolute atomic E-state index is 6.63. The molecule has 0 amide bonds. The van der Waals surface area contributed by atoms with Crippen molar-refractivity contribution >= 4 is 27.5 Å². The number of halogens is 2. The van der Waals surface area contributed by atoms with E-state index in [0.717, 1.165) is 26.9 Å². The van der Waals surface area contributed by atoms with Gasteiger partial charge in [-0.1, -0.05) is 45.7 Å². The Hall–Kier alpha value is -1.03. The van der Waals surface area contributed by atoms with Crippen molar-refractivity contribution < 1.29 is 4.74 Å². The van der Waals surface area contributed by atoms with Crippen molar-refractivity contribution in [2.45, 2.75) is 26.3 Å². The molecule has 1 unspecified atom stereocenters. The molecule has 0 heterocycles. The molecule has 2 N–H and O–H groups in total. The van der Waals surface area contributed by atoms with E-state index in [1.165, 1.54) is 5.56 Å². The monoisotopic (exact) mass is 367 g/mol. The van der Waals surface area contributed by atoms with Gasteiger partial charge in [0.2, 0.25) is 0 Å². The molecule has 0 bridgehead atoms. The second-order valence-electron chi connectivity index (χ2n) is 5.41. The van der Waals surface area contributed by atoms with E-state index in [1.807, 2.05) is 38.1 Å². The Morgan fingerprint density at radius 1 is 1.14 bits per heavy atom. The first kappa shape index (κ1) is 16.3. The van der Waals surface area contributed by atoms with Gasteiger partial charge < -0.3 is 10.5 Å². The van der Waals surface area contributed by atoms with Gasteiger partial charge >= 0.3 is 0 Å². The minimum absolute atomic E-state index is 0.634. The molecule has 2 rings (SSSR count). The third-order valence-electron chi connectivity index (χ3n) is 3.93. The van der Waals surface area contributed by atoms with Gasteiger partial charge in [-0.25, -0.2) is 0 Å². The number of aryl methyl sites for hydroxylation is 1. The lowest BCUT2D eigenvalue weighted by molar-refractivity contribution is 0.395. The summed E-state index contributed by atoms with van der Waals surface area (Å²) in [7, 11) is 1.67. The summed E-state index contributed by atoms with van der Waals surface area (Å²) in [6.07, 6.45) is 0. The van der Waals surface area contributed by atoms with E-state index in [-0.39, 0.29) is 0 Å². The van der Waals surface area contributed by atoms with Crippen molar-refractivity contribution in [2.24, 2.45) is 5.73 Å². The molecule has 0 aliphatic carbocycles. The van der Waals surface area contributed by atoms with Crippen LogP contribution in [0.15, 0.2) is 34.8 Å². The Bertz CT molecular complexity index is 683. The maximum Gasteiger partial charge on any atom is 0.127 e. The van der Waals surface area contributed by atoms with Crippen LogP contribution in [-0.2, 0) is 5.54 Å². The highest BCUT2D eigenvalue weighted by Gasteiger charge is 2.30. The summed E-state index contributed by atoms with van der Waals surface area (Å²) < 4.78 is 6.53. The molecule has 0 spiro atoms. The van der Waals surface area contributed by atoms with Gasteiger partial charge in [0.15, 0.2) is 0 Å². The second kappa shape index (κ2) is 5.99. The fraction of sp³-hybridized carbons (Fsp3) is 0.294. The number of hydrogen-bond donors (Lipinski definition) is 1. The molecule has 0 saturated carbocycles. The third-order valence-corrected chi connectivity index (χ3v) is 4.74. The van der Waals surface area contributed by atoms with Crippen LogP contribution in [-0.4, -0.2) is 7.11 Å². The van der Waals surface area contributed by atoms with Crippen LogP contribution >= 0.6 is 27.5 Å². The highest BCUT2D eigenvalue weighted by atomic mass is 79.9. The number of benzene rings is 2. The lowest BCUT2D eigenvalue weighted by Gasteiger charge is -2.30. The van der Waals surface area contributed by atoms with E-state index < -0.39 is 5.54 Å². The number of nitrogens with two attached hydrogens (primary N) is 1. The van der Waals surface area contributed by atoms with Crippen molar-refractivity contribution in [3.05, 3.63) is 62.1 Å². The molecule has 2 nitrogen and oxygen atoms in total. The van der Waals surface area contributed by atoms with Crippen LogP contribution < -0.4 is 10.5 Å². The predicted molar refractivity (Wildman–Crippen MR) is 92.3 cm³/mol. The van der Waals surface area contributed by atoms with E-state index in [4.69, 9.17) is 22.1 Å². The third kappa shape index (κ3) is 2.96. The second-order valence-corrected chi connectivity index (χ2v) is 6.74. The van der Waals surface area contributed by atoms with Gasteiger partial charge in [0, 0.05) is 15.1 Å². The Labute approximate surface area is 139 Å². The first-order valence-corrected chi connectivity index (χ1v) is 7.85. The molecule has 0 aromatic heterocycles. The first-order chi connectivity index (χ1) is 9.78. The number of ether oxygens (including phenoxy) is 1. The molecule has 0 saturated heterocycles. The molecule has 112 valence electrons. The zero-order valence-electron chi connectivity index (χ0n) is 12.6. The summed E-state index contributed by atoms with van der Waals surface area (Å²) >= 11 is 9.80.